The Labute approximate surface area is 116 Å². The maximum absolute atomic E-state index is 12.6. The van der Waals surface area contributed by atoms with Crippen molar-refractivity contribution in [3.05, 3.63) is 30.1 Å². The molecule has 0 fully saturated rings. The maximum atomic E-state index is 12.6. The van der Waals surface area contributed by atoms with Crippen molar-refractivity contribution in [2.75, 3.05) is 33.4 Å². The molecule has 7 heteroatoms. The van der Waals surface area contributed by atoms with E-state index < -0.39 is 5.91 Å². The van der Waals surface area contributed by atoms with Gasteiger partial charge in [0.1, 0.15) is 11.6 Å². The van der Waals surface area contributed by atoms with Crippen molar-refractivity contribution in [2.45, 2.75) is 0 Å². The minimum absolute atomic E-state index is 0.130. The molecule has 20 heavy (non-hydrogen) atoms. The Morgan fingerprint density at radius 3 is 2.50 bits per heavy atom. The number of amides is 2. The van der Waals surface area contributed by atoms with Gasteiger partial charge in [0.25, 0.3) is 5.91 Å². The fraction of sp³-hybridized carbons (Fsp3) is 0.385. The predicted molar refractivity (Wildman–Crippen MR) is 69.8 cm³/mol. The molecule has 0 aliphatic carbocycles. The number of carbonyl (C=O) groups excluding carboxylic acids is 2. The summed E-state index contributed by atoms with van der Waals surface area (Å²) in [5.74, 6) is -0.742. The van der Waals surface area contributed by atoms with Crippen LogP contribution in [0.1, 0.15) is 0 Å². The molecule has 0 unspecified atom stereocenters. The highest BCUT2D eigenvalue weighted by Gasteiger charge is 2.06. The predicted octanol–water partition coefficient (Wildman–Crippen LogP) is 0.0833. The molecule has 0 aliphatic rings. The van der Waals surface area contributed by atoms with Crippen molar-refractivity contribution >= 4 is 11.8 Å². The summed E-state index contributed by atoms with van der Waals surface area (Å²) in [6, 6.07) is 5.30. The van der Waals surface area contributed by atoms with Crippen molar-refractivity contribution in [1.82, 2.24) is 10.6 Å². The Balaban J connectivity index is 2.17. The molecule has 0 aromatic heterocycles. The van der Waals surface area contributed by atoms with E-state index in [0.29, 0.717) is 18.9 Å². The molecule has 0 radical (unpaired) electrons. The average Bonchev–Trinajstić information content (AvgIpc) is 2.45. The molecule has 0 atom stereocenters. The first-order valence-electron chi connectivity index (χ1n) is 6.02. The fourth-order valence-electron chi connectivity index (χ4n) is 1.26. The number of methoxy groups -OCH3 is 1. The number of ether oxygens (including phenoxy) is 2. The van der Waals surface area contributed by atoms with Crippen molar-refractivity contribution in [3.63, 3.8) is 0 Å². The van der Waals surface area contributed by atoms with E-state index in [2.05, 4.69) is 10.6 Å². The average molecular weight is 284 g/mol. The van der Waals surface area contributed by atoms with Crippen LogP contribution in [0.4, 0.5) is 4.39 Å². The molecule has 0 spiro atoms. The van der Waals surface area contributed by atoms with Gasteiger partial charge >= 0.3 is 0 Å². The molecule has 1 rings (SSSR count). The van der Waals surface area contributed by atoms with E-state index in [4.69, 9.17) is 9.47 Å². The van der Waals surface area contributed by atoms with E-state index in [9.17, 15) is 14.0 Å². The Morgan fingerprint density at radius 1 is 1.15 bits per heavy atom. The van der Waals surface area contributed by atoms with Gasteiger partial charge < -0.3 is 20.1 Å². The molecule has 6 nitrogen and oxygen atoms in total. The smallest absolute Gasteiger partial charge is 0.258 e. The van der Waals surface area contributed by atoms with Gasteiger partial charge in [0, 0.05) is 13.7 Å². The Bertz CT molecular complexity index is 437. The normalized spacial score (nSPS) is 9.90. The molecular formula is C13H17FN2O4. The first kappa shape index (κ1) is 15.9. The van der Waals surface area contributed by atoms with Gasteiger partial charge in [-0.1, -0.05) is 0 Å². The summed E-state index contributed by atoms with van der Waals surface area (Å²) in [6.07, 6.45) is 0. The third-order valence-corrected chi connectivity index (χ3v) is 2.26. The van der Waals surface area contributed by atoms with Gasteiger partial charge in [-0.15, -0.1) is 0 Å². The summed E-state index contributed by atoms with van der Waals surface area (Å²) in [5, 5.41) is 4.96. The zero-order chi connectivity index (χ0) is 14.8. The van der Waals surface area contributed by atoms with E-state index in [-0.39, 0.29) is 24.9 Å². The Morgan fingerprint density at radius 2 is 1.85 bits per heavy atom. The quantitative estimate of drug-likeness (QED) is 0.663. The highest BCUT2D eigenvalue weighted by atomic mass is 19.1. The third-order valence-electron chi connectivity index (χ3n) is 2.26. The number of rotatable bonds is 8. The first-order valence-corrected chi connectivity index (χ1v) is 6.02. The molecule has 0 heterocycles. The van der Waals surface area contributed by atoms with E-state index in [1.54, 1.807) is 0 Å². The monoisotopic (exact) mass is 284 g/mol. The van der Waals surface area contributed by atoms with Crippen molar-refractivity contribution in [2.24, 2.45) is 0 Å². The lowest BCUT2D eigenvalue weighted by Gasteiger charge is -2.08. The number of benzene rings is 1. The topological polar surface area (TPSA) is 76.7 Å². The standard InChI is InChI=1S/C13H17FN2O4/c1-19-7-6-15-12(17)8-16-13(18)9-20-11-4-2-10(14)3-5-11/h2-5H,6-9H2,1H3,(H,15,17)(H,16,18). The van der Waals surface area contributed by atoms with Gasteiger partial charge in [0.05, 0.1) is 13.2 Å². The summed E-state index contributed by atoms with van der Waals surface area (Å²) < 4.78 is 22.5. The summed E-state index contributed by atoms with van der Waals surface area (Å²) in [4.78, 5) is 22.7. The Hall–Kier alpha value is -2.15. The van der Waals surface area contributed by atoms with Crippen LogP contribution in [-0.2, 0) is 14.3 Å². The second-order valence-corrected chi connectivity index (χ2v) is 3.86. The van der Waals surface area contributed by atoms with Crippen molar-refractivity contribution in [1.29, 1.82) is 0 Å². The zero-order valence-corrected chi connectivity index (χ0v) is 11.1. The molecule has 2 amide bonds. The summed E-state index contributed by atoms with van der Waals surface area (Å²) in [7, 11) is 1.53. The van der Waals surface area contributed by atoms with Gasteiger partial charge in [-0.3, -0.25) is 9.59 Å². The van der Waals surface area contributed by atoms with Crippen LogP contribution in [0.25, 0.3) is 0 Å². The van der Waals surface area contributed by atoms with Crippen LogP contribution in [0.15, 0.2) is 24.3 Å². The third kappa shape index (κ3) is 6.69. The summed E-state index contributed by atoms with van der Waals surface area (Å²) in [5.41, 5.74) is 0. The van der Waals surface area contributed by atoms with Crippen LogP contribution in [0.2, 0.25) is 0 Å². The van der Waals surface area contributed by atoms with Gasteiger partial charge in [-0.05, 0) is 24.3 Å². The van der Waals surface area contributed by atoms with Crippen LogP contribution in [0, 0.1) is 5.82 Å². The van der Waals surface area contributed by atoms with Crippen molar-refractivity contribution < 1.29 is 23.5 Å². The van der Waals surface area contributed by atoms with Gasteiger partial charge in [0.2, 0.25) is 5.91 Å². The first-order chi connectivity index (χ1) is 9.61. The second kappa shape index (κ2) is 8.87. The molecule has 1 aromatic carbocycles. The van der Waals surface area contributed by atoms with Crippen LogP contribution < -0.4 is 15.4 Å². The lowest BCUT2D eigenvalue weighted by Crippen LogP contribution is -2.39. The number of halogens is 1. The maximum Gasteiger partial charge on any atom is 0.258 e. The van der Waals surface area contributed by atoms with Gasteiger partial charge in [-0.2, -0.15) is 0 Å². The number of hydrogen-bond acceptors (Lipinski definition) is 4. The molecule has 1 aromatic rings. The molecular weight excluding hydrogens is 267 g/mol. The molecule has 0 bridgehead atoms. The number of nitrogens with one attached hydrogen (secondary N) is 2. The molecule has 0 saturated heterocycles. The largest absolute Gasteiger partial charge is 0.484 e. The number of hydrogen-bond donors (Lipinski definition) is 2. The summed E-state index contributed by atoms with van der Waals surface area (Å²) in [6.45, 7) is 0.428. The van der Waals surface area contributed by atoms with Crippen LogP contribution in [-0.4, -0.2) is 45.2 Å². The minimum Gasteiger partial charge on any atom is -0.484 e. The van der Waals surface area contributed by atoms with E-state index in [1.165, 1.54) is 31.4 Å². The molecule has 110 valence electrons. The van der Waals surface area contributed by atoms with Gasteiger partial charge in [0.15, 0.2) is 6.61 Å². The van der Waals surface area contributed by atoms with E-state index >= 15 is 0 Å². The van der Waals surface area contributed by atoms with Crippen LogP contribution in [0.5, 0.6) is 5.75 Å². The van der Waals surface area contributed by atoms with E-state index in [0.717, 1.165) is 0 Å². The molecule has 0 saturated carbocycles. The minimum atomic E-state index is -0.434. The van der Waals surface area contributed by atoms with Crippen LogP contribution in [0.3, 0.4) is 0 Å². The van der Waals surface area contributed by atoms with Crippen LogP contribution >= 0.6 is 0 Å². The lowest BCUT2D eigenvalue weighted by atomic mass is 10.3. The SMILES string of the molecule is COCCNC(=O)CNC(=O)COc1ccc(F)cc1. The van der Waals surface area contributed by atoms with E-state index in [1.807, 2.05) is 0 Å². The summed E-state index contributed by atoms with van der Waals surface area (Å²) >= 11 is 0. The molecule has 2 N–H and O–H groups in total. The Kier molecular flexibility index (Phi) is 7.05. The fourth-order valence-corrected chi connectivity index (χ4v) is 1.26. The highest BCUT2D eigenvalue weighted by Crippen LogP contribution is 2.10. The second-order valence-electron chi connectivity index (χ2n) is 3.86. The lowest BCUT2D eigenvalue weighted by molar-refractivity contribution is -0.127. The van der Waals surface area contributed by atoms with Gasteiger partial charge in [-0.25, -0.2) is 4.39 Å². The van der Waals surface area contributed by atoms with Crippen molar-refractivity contribution in [3.8, 4) is 5.75 Å². The highest BCUT2D eigenvalue weighted by molar-refractivity contribution is 5.85. The molecule has 0 aliphatic heterocycles. The number of carbonyl (C=O) groups is 2. The zero-order valence-electron chi connectivity index (χ0n) is 11.1.